The van der Waals surface area contributed by atoms with Crippen LogP contribution in [0.1, 0.15) is 16.0 Å². The van der Waals surface area contributed by atoms with Gasteiger partial charge in [-0.3, -0.25) is 0 Å². The molecule has 0 aliphatic carbocycles. The first-order chi connectivity index (χ1) is 10.2. The highest BCUT2D eigenvalue weighted by Gasteiger charge is 2.09. The van der Waals surface area contributed by atoms with Crippen molar-refractivity contribution in [3.63, 3.8) is 0 Å². The predicted molar refractivity (Wildman–Crippen MR) is 86.9 cm³/mol. The van der Waals surface area contributed by atoms with Crippen LogP contribution in [-0.4, -0.2) is 15.1 Å². The Morgan fingerprint density at radius 1 is 1.19 bits per heavy atom. The van der Waals surface area contributed by atoms with Crippen LogP contribution in [-0.2, 0) is 13.2 Å². The van der Waals surface area contributed by atoms with Crippen LogP contribution in [0.2, 0.25) is 5.28 Å². The zero-order valence-electron chi connectivity index (χ0n) is 11.4. The maximum absolute atomic E-state index is 9.04. The molecule has 3 aromatic rings. The third-order valence-corrected chi connectivity index (χ3v) is 4.27. The van der Waals surface area contributed by atoms with Gasteiger partial charge in [0.25, 0.3) is 0 Å². The van der Waals surface area contributed by atoms with Gasteiger partial charge in [-0.2, -0.15) is 0 Å². The number of aliphatic hydroxyl groups is 1. The van der Waals surface area contributed by atoms with E-state index in [1.54, 1.807) is 11.3 Å². The van der Waals surface area contributed by atoms with E-state index in [9.17, 15) is 0 Å². The van der Waals surface area contributed by atoms with Crippen molar-refractivity contribution in [3.8, 4) is 0 Å². The van der Waals surface area contributed by atoms with Crippen LogP contribution in [0.5, 0.6) is 0 Å². The van der Waals surface area contributed by atoms with E-state index >= 15 is 0 Å². The summed E-state index contributed by atoms with van der Waals surface area (Å²) in [7, 11) is 0. The minimum absolute atomic E-state index is 0.0596. The number of rotatable bonds is 4. The van der Waals surface area contributed by atoms with Gasteiger partial charge in [0.2, 0.25) is 5.28 Å². The lowest BCUT2D eigenvalue weighted by Gasteiger charge is -2.07. The van der Waals surface area contributed by atoms with Gasteiger partial charge in [-0.05, 0) is 35.7 Å². The normalized spacial score (nSPS) is 11.0. The maximum Gasteiger partial charge on any atom is 0.225 e. The molecular weight excluding hydrogens is 306 g/mol. The van der Waals surface area contributed by atoms with Crippen LogP contribution in [0, 0.1) is 6.92 Å². The van der Waals surface area contributed by atoms with Gasteiger partial charge in [0.05, 0.1) is 12.0 Å². The van der Waals surface area contributed by atoms with Crippen molar-refractivity contribution >= 4 is 39.0 Å². The molecule has 21 heavy (non-hydrogen) atoms. The summed E-state index contributed by atoms with van der Waals surface area (Å²) >= 11 is 7.57. The fourth-order valence-corrected chi connectivity index (χ4v) is 3.20. The molecule has 2 aromatic heterocycles. The molecule has 0 aliphatic heterocycles. The van der Waals surface area contributed by atoms with Gasteiger partial charge in [0.15, 0.2) is 0 Å². The molecule has 0 unspecified atom stereocenters. The van der Waals surface area contributed by atoms with Gasteiger partial charge in [0, 0.05) is 11.4 Å². The summed E-state index contributed by atoms with van der Waals surface area (Å²) in [4.78, 5) is 10.6. The number of fused-ring (bicyclic) bond motifs is 1. The lowest BCUT2D eigenvalue weighted by molar-refractivity contribution is 0.282. The van der Waals surface area contributed by atoms with Crippen molar-refractivity contribution in [2.45, 2.75) is 20.1 Å². The number of nitrogens with zero attached hydrogens (tertiary/aromatic N) is 2. The average molecular weight is 320 g/mol. The fraction of sp³-hybridized carbons (Fsp3) is 0.200. The smallest absolute Gasteiger partial charge is 0.225 e. The van der Waals surface area contributed by atoms with Gasteiger partial charge in [-0.15, -0.1) is 11.3 Å². The first-order valence-corrected chi connectivity index (χ1v) is 7.71. The largest absolute Gasteiger partial charge is 0.392 e. The van der Waals surface area contributed by atoms with Gasteiger partial charge in [-0.1, -0.05) is 24.3 Å². The maximum atomic E-state index is 9.04. The lowest BCUT2D eigenvalue weighted by Crippen LogP contribution is -2.02. The van der Waals surface area contributed by atoms with Gasteiger partial charge >= 0.3 is 0 Å². The molecule has 0 saturated heterocycles. The quantitative estimate of drug-likeness (QED) is 0.719. The molecule has 108 valence electrons. The number of aromatic nitrogens is 2. The molecule has 6 heteroatoms. The molecule has 0 amide bonds. The van der Waals surface area contributed by atoms with Crippen LogP contribution in [0.15, 0.2) is 30.3 Å². The van der Waals surface area contributed by atoms with Crippen molar-refractivity contribution in [1.82, 2.24) is 9.97 Å². The summed E-state index contributed by atoms with van der Waals surface area (Å²) in [6, 6.07) is 9.85. The van der Waals surface area contributed by atoms with Crippen molar-refractivity contribution in [1.29, 1.82) is 0 Å². The van der Waals surface area contributed by atoms with E-state index in [0.29, 0.717) is 6.54 Å². The Labute approximate surface area is 131 Å². The molecule has 2 heterocycles. The van der Waals surface area contributed by atoms with Crippen LogP contribution in [0.3, 0.4) is 0 Å². The Kier molecular flexibility index (Phi) is 4.05. The number of halogens is 1. The Morgan fingerprint density at radius 3 is 2.62 bits per heavy atom. The second-order valence-corrected chi connectivity index (χ2v) is 6.32. The number of hydrogen-bond donors (Lipinski definition) is 2. The number of nitrogens with one attached hydrogen (secondary N) is 1. The predicted octanol–water partition coefficient (Wildman–Crippen LogP) is 3.76. The highest BCUT2D eigenvalue weighted by atomic mass is 35.5. The van der Waals surface area contributed by atoms with Crippen LogP contribution < -0.4 is 5.32 Å². The van der Waals surface area contributed by atoms with E-state index in [2.05, 4.69) is 21.4 Å². The van der Waals surface area contributed by atoms with Crippen molar-refractivity contribution < 1.29 is 5.11 Å². The SMILES string of the molecule is Cc1cc2c(NCc3ccc(CO)cc3)nc(Cl)nc2s1. The number of aliphatic hydroxyl groups excluding tert-OH is 1. The fourth-order valence-electron chi connectivity index (χ4n) is 2.10. The summed E-state index contributed by atoms with van der Waals surface area (Å²) in [5.41, 5.74) is 2.02. The number of benzene rings is 1. The van der Waals surface area contributed by atoms with E-state index in [0.717, 1.165) is 27.2 Å². The molecule has 0 bridgehead atoms. The van der Waals surface area contributed by atoms with Crippen molar-refractivity contribution in [2.24, 2.45) is 0 Å². The average Bonchev–Trinajstić information content (AvgIpc) is 2.85. The van der Waals surface area contributed by atoms with E-state index < -0.39 is 0 Å². The lowest BCUT2D eigenvalue weighted by atomic mass is 10.1. The summed E-state index contributed by atoms with van der Waals surface area (Å²) in [5, 5.41) is 13.6. The number of hydrogen-bond acceptors (Lipinski definition) is 5. The highest BCUT2D eigenvalue weighted by Crippen LogP contribution is 2.29. The van der Waals surface area contributed by atoms with Gasteiger partial charge in [-0.25, -0.2) is 9.97 Å². The summed E-state index contributed by atoms with van der Waals surface area (Å²) in [6.07, 6.45) is 0. The third-order valence-electron chi connectivity index (χ3n) is 3.15. The Hall–Kier alpha value is -1.69. The topological polar surface area (TPSA) is 58.0 Å². The molecule has 0 aliphatic rings. The minimum atomic E-state index is 0.0596. The minimum Gasteiger partial charge on any atom is -0.392 e. The van der Waals surface area contributed by atoms with Gasteiger partial charge < -0.3 is 10.4 Å². The zero-order valence-corrected chi connectivity index (χ0v) is 13.0. The number of thiophene rings is 1. The number of aryl methyl sites for hydroxylation is 1. The van der Waals surface area contributed by atoms with Crippen molar-refractivity contribution in [3.05, 3.63) is 51.6 Å². The van der Waals surface area contributed by atoms with E-state index in [-0.39, 0.29) is 11.9 Å². The molecule has 0 atom stereocenters. The molecule has 0 fully saturated rings. The zero-order chi connectivity index (χ0) is 14.8. The Balaban J connectivity index is 1.83. The third kappa shape index (κ3) is 3.15. The number of anilines is 1. The first-order valence-electron chi connectivity index (χ1n) is 6.52. The first kappa shape index (κ1) is 14.3. The molecule has 0 radical (unpaired) electrons. The summed E-state index contributed by atoms with van der Waals surface area (Å²) in [5.74, 6) is 0.751. The molecule has 1 aromatic carbocycles. The molecule has 3 rings (SSSR count). The molecule has 2 N–H and O–H groups in total. The van der Waals surface area contributed by atoms with Gasteiger partial charge in [0.1, 0.15) is 10.6 Å². The van der Waals surface area contributed by atoms with Crippen LogP contribution in [0.25, 0.3) is 10.2 Å². The highest BCUT2D eigenvalue weighted by molar-refractivity contribution is 7.18. The van der Waals surface area contributed by atoms with E-state index in [1.165, 1.54) is 4.88 Å². The van der Waals surface area contributed by atoms with Crippen LogP contribution in [0.4, 0.5) is 5.82 Å². The molecular formula is C15H14ClN3OS. The standard InChI is InChI=1S/C15H14ClN3OS/c1-9-6-12-13(18-15(16)19-14(12)21-9)17-7-10-2-4-11(8-20)5-3-10/h2-6,20H,7-8H2,1H3,(H,17,18,19). The molecule has 4 nitrogen and oxygen atoms in total. The Bertz CT molecular complexity index is 770. The van der Waals surface area contributed by atoms with E-state index in [4.69, 9.17) is 16.7 Å². The van der Waals surface area contributed by atoms with Crippen molar-refractivity contribution in [2.75, 3.05) is 5.32 Å². The molecule has 0 saturated carbocycles. The summed E-state index contributed by atoms with van der Waals surface area (Å²) < 4.78 is 0. The van der Waals surface area contributed by atoms with Crippen LogP contribution >= 0.6 is 22.9 Å². The second-order valence-electron chi connectivity index (χ2n) is 4.75. The monoisotopic (exact) mass is 319 g/mol. The molecule has 0 spiro atoms. The van der Waals surface area contributed by atoms with E-state index in [1.807, 2.05) is 31.2 Å². The second kappa shape index (κ2) is 5.97. The summed E-state index contributed by atoms with van der Waals surface area (Å²) in [6.45, 7) is 2.74. The Morgan fingerprint density at radius 2 is 1.90 bits per heavy atom.